The molecule has 1 saturated carbocycles. The van der Waals surface area contributed by atoms with Crippen molar-refractivity contribution in [3.63, 3.8) is 0 Å². The van der Waals surface area contributed by atoms with E-state index in [4.69, 9.17) is 17.0 Å². The molecule has 1 aliphatic carbocycles. The van der Waals surface area contributed by atoms with Crippen LogP contribution in [0.25, 0.3) is 0 Å². The Morgan fingerprint density at radius 1 is 1.13 bits per heavy atom. The van der Waals surface area contributed by atoms with Crippen LogP contribution in [0.1, 0.15) is 23.2 Å². The van der Waals surface area contributed by atoms with Gasteiger partial charge < -0.3 is 10.6 Å². The third-order valence-electron chi connectivity index (χ3n) is 4.47. The van der Waals surface area contributed by atoms with Crippen LogP contribution in [0.15, 0.2) is 59.1 Å². The molecule has 2 aromatic carbocycles. The molecule has 0 unspecified atom stereocenters. The Kier molecular flexibility index (Phi) is 6.77. The number of hydrogen-bond donors (Lipinski definition) is 3. The Labute approximate surface area is 181 Å². The van der Waals surface area contributed by atoms with Crippen LogP contribution < -0.4 is 10.6 Å². The van der Waals surface area contributed by atoms with Crippen molar-refractivity contribution in [3.05, 3.63) is 64.8 Å². The standard InChI is InChI=1S/C21H19ClF3N3OS/c1-30-15-8-9-17(22)16(10-15)20(29)28-14-6-4-13(5-7-14)27-18(12-2-3-12)11-19(26)21(23,24)25/h4-12,26-27H,2-3H2,1H3,(H,28,29)/b18-11-,26-19?. The van der Waals surface area contributed by atoms with Crippen LogP contribution in [-0.4, -0.2) is 24.1 Å². The molecule has 4 nitrogen and oxygen atoms in total. The molecule has 0 saturated heterocycles. The Morgan fingerprint density at radius 2 is 1.73 bits per heavy atom. The summed E-state index contributed by atoms with van der Waals surface area (Å²) in [5.41, 5.74) is 0.440. The Bertz CT molecular complexity index is 986. The van der Waals surface area contributed by atoms with E-state index >= 15 is 0 Å². The Hall–Kier alpha value is -2.45. The van der Waals surface area contributed by atoms with Crippen LogP contribution in [0.4, 0.5) is 24.5 Å². The van der Waals surface area contributed by atoms with Crippen LogP contribution in [0, 0.1) is 11.3 Å². The molecule has 0 bridgehead atoms. The zero-order chi connectivity index (χ0) is 21.9. The smallest absolute Gasteiger partial charge is 0.359 e. The molecule has 2 aromatic rings. The van der Waals surface area contributed by atoms with Crippen molar-refractivity contribution in [2.24, 2.45) is 5.92 Å². The van der Waals surface area contributed by atoms with Gasteiger partial charge in [0.2, 0.25) is 0 Å². The molecule has 0 radical (unpaired) electrons. The fraction of sp³-hybridized carbons (Fsp3) is 0.238. The first kappa shape index (κ1) is 22.2. The molecule has 0 spiro atoms. The molecule has 3 rings (SSSR count). The molecule has 0 aromatic heterocycles. The predicted molar refractivity (Wildman–Crippen MR) is 116 cm³/mol. The van der Waals surface area contributed by atoms with E-state index in [2.05, 4.69) is 10.6 Å². The molecule has 0 aliphatic heterocycles. The summed E-state index contributed by atoms with van der Waals surface area (Å²) < 4.78 is 38.0. The number of carbonyl (C=O) groups excluding carboxylic acids is 1. The number of amides is 1. The zero-order valence-corrected chi connectivity index (χ0v) is 17.5. The number of thioether (sulfide) groups is 1. The molecule has 3 N–H and O–H groups in total. The van der Waals surface area contributed by atoms with Crippen LogP contribution in [0.5, 0.6) is 0 Å². The number of nitrogens with one attached hydrogen (secondary N) is 3. The molecule has 1 amide bonds. The van der Waals surface area contributed by atoms with Gasteiger partial charge in [-0.05, 0) is 73.6 Å². The minimum absolute atomic E-state index is 0.00191. The summed E-state index contributed by atoms with van der Waals surface area (Å²) in [7, 11) is 0. The maximum atomic E-state index is 12.7. The lowest BCUT2D eigenvalue weighted by Gasteiger charge is -2.13. The van der Waals surface area contributed by atoms with Crippen LogP contribution in [-0.2, 0) is 0 Å². The lowest BCUT2D eigenvalue weighted by atomic mass is 10.2. The van der Waals surface area contributed by atoms with Gasteiger partial charge in [0, 0.05) is 22.0 Å². The van der Waals surface area contributed by atoms with Crippen molar-refractivity contribution in [1.29, 1.82) is 5.41 Å². The number of benzene rings is 2. The topological polar surface area (TPSA) is 65.0 Å². The summed E-state index contributed by atoms with van der Waals surface area (Å²) in [6, 6.07) is 11.8. The average Bonchev–Trinajstić information content (AvgIpc) is 3.53. The van der Waals surface area contributed by atoms with Gasteiger partial charge in [-0.25, -0.2) is 0 Å². The lowest BCUT2D eigenvalue weighted by molar-refractivity contribution is -0.0584. The number of carbonyl (C=O) groups is 1. The largest absolute Gasteiger partial charge is 0.432 e. The minimum atomic E-state index is -4.68. The van der Waals surface area contributed by atoms with E-state index in [1.54, 1.807) is 36.4 Å². The highest BCUT2D eigenvalue weighted by molar-refractivity contribution is 7.98. The monoisotopic (exact) mass is 453 g/mol. The molecular formula is C21H19ClF3N3OS. The van der Waals surface area contributed by atoms with E-state index in [0.29, 0.717) is 27.7 Å². The van der Waals surface area contributed by atoms with Gasteiger partial charge in [0.25, 0.3) is 5.91 Å². The number of rotatable bonds is 7. The fourth-order valence-electron chi connectivity index (χ4n) is 2.70. The van der Waals surface area contributed by atoms with E-state index in [1.165, 1.54) is 11.8 Å². The molecule has 1 aliphatic rings. The van der Waals surface area contributed by atoms with Crippen LogP contribution in [0.2, 0.25) is 5.02 Å². The predicted octanol–water partition coefficient (Wildman–Crippen LogP) is 6.60. The first-order valence-corrected chi connectivity index (χ1v) is 10.7. The average molecular weight is 454 g/mol. The number of hydrogen-bond acceptors (Lipinski definition) is 4. The van der Waals surface area contributed by atoms with Gasteiger partial charge in [-0.3, -0.25) is 10.2 Å². The molecule has 30 heavy (non-hydrogen) atoms. The molecule has 0 heterocycles. The summed E-state index contributed by atoms with van der Waals surface area (Å²) in [5, 5.41) is 13.3. The number of alkyl halides is 3. The highest BCUT2D eigenvalue weighted by atomic mass is 35.5. The number of anilines is 2. The summed E-state index contributed by atoms with van der Waals surface area (Å²) in [6.07, 6.45) is -0.363. The quantitative estimate of drug-likeness (QED) is 0.327. The van der Waals surface area contributed by atoms with E-state index in [0.717, 1.165) is 23.8 Å². The van der Waals surface area contributed by atoms with Crippen molar-refractivity contribution < 1.29 is 18.0 Å². The molecule has 0 atom stereocenters. The van der Waals surface area contributed by atoms with E-state index < -0.39 is 11.9 Å². The highest BCUT2D eigenvalue weighted by Gasteiger charge is 2.35. The SMILES string of the molecule is CSc1ccc(Cl)c(C(=O)Nc2ccc(N/C(=C\C(=N)C(F)(F)F)C3CC3)cc2)c1. The second kappa shape index (κ2) is 9.14. The maximum absolute atomic E-state index is 12.7. The molecule has 158 valence electrons. The second-order valence-electron chi connectivity index (χ2n) is 6.79. The minimum Gasteiger partial charge on any atom is -0.359 e. The van der Waals surface area contributed by atoms with E-state index in [-0.39, 0.29) is 11.8 Å². The van der Waals surface area contributed by atoms with Crippen molar-refractivity contribution in [2.75, 3.05) is 16.9 Å². The summed E-state index contributed by atoms with van der Waals surface area (Å²) in [6.45, 7) is 0. The normalized spacial score (nSPS) is 14.4. The van der Waals surface area contributed by atoms with E-state index in [1.807, 2.05) is 12.3 Å². The van der Waals surface area contributed by atoms with Crippen LogP contribution in [0.3, 0.4) is 0 Å². The van der Waals surface area contributed by atoms with Gasteiger partial charge in [0.15, 0.2) is 0 Å². The summed E-state index contributed by atoms with van der Waals surface area (Å²) in [5.74, 6) is -0.355. The van der Waals surface area contributed by atoms with Crippen LogP contribution >= 0.6 is 23.4 Å². The Balaban J connectivity index is 1.69. The van der Waals surface area contributed by atoms with Gasteiger partial charge in [0.05, 0.1) is 10.6 Å². The first-order chi connectivity index (χ1) is 14.2. The molecular weight excluding hydrogens is 435 g/mol. The lowest BCUT2D eigenvalue weighted by Crippen LogP contribution is -2.21. The summed E-state index contributed by atoms with van der Waals surface area (Å²) >= 11 is 7.62. The summed E-state index contributed by atoms with van der Waals surface area (Å²) in [4.78, 5) is 13.4. The van der Waals surface area contributed by atoms with Gasteiger partial charge >= 0.3 is 6.18 Å². The van der Waals surface area contributed by atoms with E-state index in [9.17, 15) is 18.0 Å². The fourth-order valence-corrected chi connectivity index (χ4v) is 3.34. The number of allylic oxidation sites excluding steroid dienone is 2. The van der Waals surface area contributed by atoms with Crippen molar-refractivity contribution in [2.45, 2.75) is 23.9 Å². The third kappa shape index (κ3) is 5.79. The van der Waals surface area contributed by atoms with Gasteiger partial charge in [-0.2, -0.15) is 13.2 Å². The zero-order valence-electron chi connectivity index (χ0n) is 15.9. The second-order valence-corrected chi connectivity index (χ2v) is 8.07. The van der Waals surface area contributed by atoms with Crippen molar-refractivity contribution in [3.8, 4) is 0 Å². The first-order valence-electron chi connectivity index (χ1n) is 9.06. The van der Waals surface area contributed by atoms with Crippen molar-refractivity contribution >= 4 is 46.4 Å². The van der Waals surface area contributed by atoms with Crippen molar-refractivity contribution in [1.82, 2.24) is 0 Å². The Morgan fingerprint density at radius 3 is 2.27 bits per heavy atom. The third-order valence-corrected chi connectivity index (χ3v) is 5.53. The molecule has 1 fully saturated rings. The van der Waals surface area contributed by atoms with Gasteiger partial charge in [-0.15, -0.1) is 11.8 Å². The highest BCUT2D eigenvalue weighted by Crippen LogP contribution is 2.37. The maximum Gasteiger partial charge on any atom is 0.432 e. The van der Waals surface area contributed by atoms with Gasteiger partial charge in [0.1, 0.15) is 5.71 Å². The number of halogens is 4. The van der Waals surface area contributed by atoms with Gasteiger partial charge in [-0.1, -0.05) is 11.6 Å². The molecule has 9 heteroatoms.